The number of rotatable bonds is 2. The molecule has 1 heterocycles. The molecule has 0 radical (unpaired) electrons. The molecule has 0 fully saturated rings. The second-order valence-electron chi connectivity index (χ2n) is 3.32. The standard InChI is InChI=1S/C9H9ClFNO2S/c10-6-15(13,14)12-4-3-7-1-2-8(11)5-9(7)12/h1-2,5H,3-4,6H2. The molecule has 2 rings (SSSR count). The molecule has 0 bridgehead atoms. The third-order valence-corrected chi connectivity index (χ3v) is 4.53. The van der Waals surface area contributed by atoms with Crippen molar-refractivity contribution in [2.45, 2.75) is 6.42 Å². The van der Waals surface area contributed by atoms with E-state index in [-0.39, 0.29) is 0 Å². The molecule has 3 nitrogen and oxygen atoms in total. The lowest BCUT2D eigenvalue weighted by Crippen LogP contribution is -2.29. The highest BCUT2D eigenvalue weighted by atomic mass is 35.5. The highest BCUT2D eigenvalue weighted by Crippen LogP contribution is 2.31. The molecule has 0 N–H and O–H groups in total. The summed E-state index contributed by atoms with van der Waals surface area (Å²) in [6.45, 7) is 0.341. The number of anilines is 1. The van der Waals surface area contributed by atoms with Gasteiger partial charge in [-0.2, -0.15) is 0 Å². The lowest BCUT2D eigenvalue weighted by Gasteiger charge is -2.17. The molecule has 1 aliphatic heterocycles. The van der Waals surface area contributed by atoms with Crippen LogP contribution in [0, 0.1) is 5.82 Å². The molecule has 1 aliphatic rings. The molecule has 0 unspecified atom stereocenters. The van der Waals surface area contributed by atoms with Crippen LogP contribution in [0.3, 0.4) is 0 Å². The van der Waals surface area contributed by atoms with Gasteiger partial charge in [0.05, 0.1) is 5.69 Å². The van der Waals surface area contributed by atoms with Gasteiger partial charge < -0.3 is 0 Å². The van der Waals surface area contributed by atoms with Crippen molar-refractivity contribution in [3.63, 3.8) is 0 Å². The molecule has 82 valence electrons. The average molecular weight is 250 g/mol. The van der Waals surface area contributed by atoms with Crippen molar-refractivity contribution in [2.75, 3.05) is 16.1 Å². The number of halogens is 2. The Morgan fingerprint density at radius 3 is 2.87 bits per heavy atom. The lowest BCUT2D eigenvalue weighted by molar-refractivity contribution is 0.596. The van der Waals surface area contributed by atoms with Gasteiger partial charge in [0.1, 0.15) is 11.0 Å². The number of hydrogen-bond donors (Lipinski definition) is 0. The molecule has 1 aromatic carbocycles. The van der Waals surface area contributed by atoms with Gasteiger partial charge in [-0.1, -0.05) is 6.07 Å². The topological polar surface area (TPSA) is 37.4 Å². The molecular formula is C9H9ClFNO2S. The first kappa shape index (κ1) is 10.7. The Balaban J connectivity index is 2.49. The van der Waals surface area contributed by atoms with E-state index in [4.69, 9.17) is 11.6 Å². The summed E-state index contributed by atoms with van der Waals surface area (Å²) in [5, 5.41) is -0.483. The van der Waals surface area contributed by atoms with Crippen LogP contribution >= 0.6 is 11.6 Å². The zero-order chi connectivity index (χ0) is 11.1. The van der Waals surface area contributed by atoms with Crippen molar-refractivity contribution in [3.05, 3.63) is 29.6 Å². The van der Waals surface area contributed by atoms with E-state index in [1.165, 1.54) is 16.4 Å². The minimum atomic E-state index is -3.50. The van der Waals surface area contributed by atoms with Crippen LogP contribution in [0.4, 0.5) is 10.1 Å². The van der Waals surface area contributed by atoms with Crippen LogP contribution in [0.25, 0.3) is 0 Å². The van der Waals surface area contributed by atoms with Crippen LogP contribution in [0.15, 0.2) is 18.2 Å². The number of hydrogen-bond acceptors (Lipinski definition) is 2. The van der Waals surface area contributed by atoms with Crippen molar-refractivity contribution in [2.24, 2.45) is 0 Å². The van der Waals surface area contributed by atoms with Gasteiger partial charge >= 0.3 is 0 Å². The highest BCUT2D eigenvalue weighted by Gasteiger charge is 2.28. The van der Waals surface area contributed by atoms with Crippen molar-refractivity contribution < 1.29 is 12.8 Å². The van der Waals surface area contributed by atoms with E-state index in [0.29, 0.717) is 18.7 Å². The summed E-state index contributed by atoms with van der Waals surface area (Å²) in [7, 11) is -3.50. The number of sulfonamides is 1. The second kappa shape index (κ2) is 3.64. The van der Waals surface area contributed by atoms with Crippen LogP contribution in [0.5, 0.6) is 0 Å². The van der Waals surface area contributed by atoms with E-state index in [2.05, 4.69) is 0 Å². The zero-order valence-corrected chi connectivity index (χ0v) is 9.35. The van der Waals surface area contributed by atoms with Crippen molar-refractivity contribution in [1.29, 1.82) is 0 Å². The summed E-state index contributed by atoms with van der Waals surface area (Å²) in [4.78, 5) is 0. The lowest BCUT2D eigenvalue weighted by atomic mass is 10.2. The number of nitrogens with zero attached hydrogens (tertiary/aromatic N) is 1. The normalized spacial score (nSPS) is 15.5. The van der Waals surface area contributed by atoms with Crippen LogP contribution < -0.4 is 4.31 Å². The Kier molecular flexibility index (Phi) is 2.60. The van der Waals surface area contributed by atoms with Crippen LogP contribution in [0.1, 0.15) is 5.56 Å². The van der Waals surface area contributed by atoms with Gasteiger partial charge in [-0.25, -0.2) is 12.8 Å². The van der Waals surface area contributed by atoms with E-state index >= 15 is 0 Å². The minimum absolute atomic E-state index is 0.341. The largest absolute Gasteiger partial charge is 0.269 e. The minimum Gasteiger partial charge on any atom is -0.269 e. The summed E-state index contributed by atoms with van der Waals surface area (Å²) in [6.07, 6.45) is 0.603. The number of fused-ring (bicyclic) bond motifs is 1. The van der Waals surface area contributed by atoms with Gasteiger partial charge in [0.25, 0.3) is 0 Å². The molecule has 0 saturated heterocycles. The third-order valence-electron chi connectivity index (χ3n) is 2.37. The molecular weight excluding hydrogens is 241 g/mol. The summed E-state index contributed by atoms with van der Waals surface area (Å²) < 4.78 is 37.2. The van der Waals surface area contributed by atoms with Gasteiger partial charge in [0.15, 0.2) is 0 Å². The molecule has 0 amide bonds. The fourth-order valence-corrected chi connectivity index (χ4v) is 2.98. The van der Waals surface area contributed by atoms with Gasteiger partial charge in [-0.05, 0) is 24.1 Å². The maximum atomic E-state index is 13.0. The smallest absolute Gasteiger partial charge is 0.249 e. The van der Waals surface area contributed by atoms with Crippen molar-refractivity contribution in [1.82, 2.24) is 0 Å². The summed E-state index contributed by atoms with van der Waals surface area (Å²) in [5.74, 6) is -0.439. The summed E-state index contributed by atoms with van der Waals surface area (Å²) >= 11 is 5.36. The Bertz CT molecular complexity index is 489. The van der Waals surface area contributed by atoms with E-state index in [0.717, 1.165) is 5.56 Å². The first-order valence-electron chi connectivity index (χ1n) is 4.39. The Morgan fingerprint density at radius 2 is 2.20 bits per heavy atom. The van der Waals surface area contributed by atoms with Gasteiger partial charge in [0.2, 0.25) is 10.0 Å². The quantitative estimate of drug-likeness (QED) is 0.749. The molecule has 0 spiro atoms. The Morgan fingerprint density at radius 1 is 1.47 bits per heavy atom. The number of benzene rings is 1. The fraction of sp³-hybridized carbons (Fsp3) is 0.333. The second-order valence-corrected chi connectivity index (χ2v) is 5.79. The first-order valence-corrected chi connectivity index (χ1v) is 6.54. The molecule has 0 aliphatic carbocycles. The average Bonchev–Trinajstić information content (AvgIpc) is 2.61. The molecule has 1 aromatic rings. The van der Waals surface area contributed by atoms with E-state index < -0.39 is 21.1 Å². The SMILES string of the molecule is O=S(=O)(CCl)N1CCc2ccc(F)cc21. The maximum absolute atomic E-state index is 13.0. The van der Waals surface area contributed by atoms with E-state index in [1.807, 2.05) is 0 Å². The third kappa shape index (κ3) is 1.81. The summed E-state index contributed by atoms with van der Waals surface area (Å²) in [5.41, 5.74) is 1.25. The Labute approximate surface area is 92.5 Å². The number of alkyl halides is 1. The molecule has 6 heteroatoms. The predicted molar refractivity (Wildman–Crippen MR) is 57.1 cm³/mol. The fourth-order valence-electron chi connectivity index (χ4n) is 1.67. The van der Waals surface area contributed by atoms with Crippen LogP contribution in [-0.4, -0.2) is 20.2 Å². The van der Waals surface area contributed by atoms with E-state index in [1.54, 1.807) is 6.07 Å². The van der Waals surface area contributed by atoms with Crippen molar-refractivity contribution >= 4 is 27.3 Å². The molecule has 0 atom stereocenters. The highest BCUT2D eigenvalue weighted by molar-refractivity contribution is 7.93. The van der Waals surface area contributed by atoms with Gasteiger partial charge in [0, 0.05) is 6.54 Å². The van der Waals surface area contributed by atoms with E-state index in [9.17, 15) is 12.8 Å². The molecule has 0 aromatic heterocycles. The van der Waals surface area contributed by atoms with Gasteiger partial charge in [-0.3, -0.25) is 4.31 Å². The summed E-state index contributed by atoms with van der Waals surface area (Å²) in [6, 6.07) is 4.16. The van der Waals surface area contributed by atoms with Crippen LogP contribution in [-0.2, 0) is 16.4 Å². The molecule has 0 saturated carbocycles. The Hall–Kier alpha value is -0.810. The van der Waals surface area contributed by atoms with Crippen LogP contribution in [0.2, 0.25) is 0 Å². The zero-order valence-electron chi connectivity index (χ0n) is 7.78. The monoisotopic (exact) mass is 249 g/mol. The molecule has 15 heavy (non-hydrogen) atoms. The first-order chi connectivity index (χ1) is 7.04. The van der Waals surface area contributed by atoms with Crippen molar-refractivity contribution in [3.8, 4) is 0 Å². The maximum Gasteiger partial charge on any atom is 0.249 e. The van der Waals surface area contributed by atoms with Gasteiger partial charge in [-0.15, -0.1) is 11.6 Å². The predicted octanol–water partition coefficient (Wildman–Crippen LogP) is 1.71.